The number of nitrogens with zero attached hydrogens (tertiary/aromatic N) is 5. The van der Waals surface area contributed by atoms with Gasteiger partial charge < -0.3 is 19.3 Å². The Balaban J connectivity index is 1.31. The predicted molar refractivity (Wildman–Crippen MR) is 173 cm³/mol. The minimum absolute atomic E-state index is 0.0837. The smallest absolute Gasteiger partial charge is 0.350 e. The van der Waals surface area contributed by atoms with Crippen molar-refractivity contribution in [2.24, 2.45) is 0 Å². The van der Waals surface area contributed by atoms with Crippen molar-refractivity contribution in [3.63, 3.8) is 0 Å². The van der Waals surface area contributed by atoms with Crippen LogP contribution in [0.1, 0.15) is 45.6 Å². The average molecular weight is 654 g/mol. The van der Waals surface area contributed by atoms with E-state index < -0.39 is 17.3 Å². The van der Waals surface area contributed by atoms with Gasteiger partial charge in [-0.3, -0.25) is 14.3 Å². The van der Waals surface area contributed by atoms with Gasteiger partial charge in [0.2, 0.25) is 5.91 Å². The molecule has 7 rings (SSSR count). The van der Waals surface area contributed by atoms with Gasteiger partial charge in [-0.25, -0.2) is 13.6 Å². The van der Waals surface area contributed by atoms with E-state index >= 15 is 4.39 Å². The molecule has 1 amide bonds. The summed E-state index contributed by atoms with van der Waals surface area (Å²) in [5, 5.41) is 0.799. The number of ether oxygens (including phenoxy) is 2. The Morgan fingerprint density at radius 2 is 1.87 bits per heavy atom. The van der Waals surface area contributed by atoms with Gasteiger partial charge in [0.15, 0.2) is 5.75 Å². The van der Waals surface area contributed by atoms with E-state index in [-0.39, 0.29) is 52.5 Å². The summed E-state index contributed by atoms with van der Waals surface area (Å²) in [5.41, 5.74) is 0.412. The molecule has 4 aliphatic rings. The van der Waals surface area contributed by atoms with Gasteiger partial charge in [0, 0.05) is 59.8 Å². The molecule has 0 N–H and O–H groups in total. The largest absolute Gasteiger partial charge is 0.488 e. The molecular formula is C34H38ClF2N5O4. The highest BCUT2D eigenvalue weighted by Crippen LogP contribution is 2.48. The van der Waals surface area contributed by atoms with Gasteiger partial charge in [0.05, 0.1) is 29.8 Å². The number of morpholine rings is 1. The van der Waals surface area contributed by atoms with E-state index in [2.05, 4.69) is 16.5 Å². The summed E-state index contributed by atoms with van der Waals surface area (Å²) in [5.74, 6) is -0.930. The molecule has 0 radical (unpaired) electrons. The Morgan fingerprint density at radius 3 is 2.59 bits per heavy atom. The second-order valence-corrected chi connectivity index (χ2v) is 13.4. The van der Waals surface area contributed by atoms with Crippen molar-refractivity contribution in [2.75, 3.05) is 44.4 Å². The number of hydrogen-bond acceptors (Lipinski definition) is 7. The highest BCUT2D eigenvalue weighted by Gasteiger charge is 2.38. The number of carbonyl (C=O) groups excluding carboxylic acids is 1. The summed E-state index contributed by atoms with van der Waals surface area (Å²) in [7, 11) is 0. The zero-order valence-corrected chi connectivity index (χ0v) is 26.8. The molecule has 0 aliphatic carbocycles. The molecule has 0 saturated carbocycles. The summed E-state index contributed by atoms with van der Waals surface area (Å²) in [6.45, 7) is 11.0. The molecule has 46 heavy (non-hydrogen) atoms. The highest BCUT2D eigenvalue weighted by atomic mass is 35.5. The molecule has 4 aliphatic heterocycles. The Kier molecular flexibility index (Phi) is 8.27. The lowest BCUT2D eigenvalue weighted by molar-refractivity contribution is -0.128. The molecule has 12 heteroatoms. The monoisotopic (exact) mass is 653 g/mol. The number of aromatic nitrogens is 2. The first-order chi connectivity index (χ1) is 22.2. The van der Waals surface area contributed by atoms with Gasteiger partial charge in [0.1, 0.15) is 24.1 Å². The second-order valence-electron chi connectivity index (χ2n) is 13.0. The van der Waals surface area contributed by atoms with Gasteiger partial charge in [-0.15, -0.1) is 0 Å². The summed E-state index contributed by atoms with van der Waals surface area (Å²) in [6, 6.07) is 5.27. The van der Waals surface area contributed by atoms with Crippen LogP contribution < -0.4 is 15.3 Å². The van der Waals surface area contributed by atoms with E-state index in [1.165, 1.54) is 18.2 Å². The quantitative estimate of drug-likeness (QED) is 0.325. The highest BCUT2D eigenvalue weighted by molar-refractivity contribution is 6.35. The first-order valence-electron chi connectivity index (χ1n) is 16.1. The number of anilines is 1. The number of piperazine rings is 1. The molecular weight excluding hydrogens is 616 g/mol. The Bertz CT molecular complexity index is 1750. The molecule has 5 atom stereocenters. The normalized spacial score (nSPS) is 26.0. The molecule has 244 valence electrons. The molecule has 2 aromatic carbocycles. The van der Waals surface area contributed by atoms with Crippen LogP contribution in [-0.4, -0.2) is 88.9 Å². The van der Waals surface area contributed by atoms with E-state index in [1.807, 2.05) is 18.7 Å². The fourth-order valence-electron chi connectivity index (χ4n) is 7.87. The maximum atomic E-state index is 15.2. The van der Waals surface area contributed by atoms with Crippen molar-refractivity contribution in [2.45, 2.75) is 69.7 Å². The maximum absolute atomic E-state index is 15.2. The number of fused-ring (bicyclic) bond motifs is 2. The van der Waals surface area contributed by atoms with E-state index in [0.29, 0.717) is 48.3 Å². The molecule has 0 spiro atoms. The van der Waals surface area contributed by atoms with Crippen LogP contribution in [-0.2, 0) is 9.53 Å². The van der Waals surface area contributed by atoms with Gasteiger partial charge in [0.25, 0.3) is 0 Å². The van der Waals surface area contributed by atoms with Crippen LogP contribution in [0.15, 0.2) is 41.7 Å². The lowest BCUT2D eigenvalue weighted by atomic mass is 9.98. The molecule has 5 heterocycles. The molecule has 9 nitrogen and oxygen atoms in total. The topological polar surface area (TPSA) is 80.1 Å². The summed E-state index contributed by atoms with van der Waals surface area (Å²) >= 11 is 6.89. The zero-order valence-electron chi connectivity index (χ0n) is 26.1. The van der Waals surface area contributed by atoms with Gasteiger partial charge in [-0.1, -0.05) is 18.2 Å². The molecule has 3 saturated heterocycles. The lowest BCUT2D eigenvalue weighted by Gasteiger charge is -2.45. The molecule has 3 fully saturated rings. The maximum Gasteiger partial charge on any atom is 0.350 e. The van der Waals surface area contributed by atoms with Crippen molar-refractivity contribution in [3.05, 3.63) is 64.1 Å². The fraction of sp³-hybridized carbons (Fsp3) is 0.500. The SMILES string of the molecule is C=CC(=O)N1C[C@H](C)N(c2nc(=O)n3c4c(c(-c5ccc(F)cc5F)c(Cl)cc24)OC[C@@H]3CCCN2[C@@H]3CC[C@H]2COC3)C[C@H]1C. The summed E-state index contributed by atoms with van der Waals surface area (Å²) in [6.07, 6.45) is 5.14. The summed E-state index contributed by atoms with van der Waals surface area (Å²) in [4.78, 5) is 37.5. The Hall–Kier alpha value is -3.54. The van der Waals surface area contributed by atoms with E-state index in [9.17, 15) is 14.0 Å². The molecule has 0 unspecified atom stereocenters. The van der Waals surface area contributed by atoms with Gasteiger partial charge >= 0.3 is 5.69 Å². The molecule has 3 aromatic rings. The molecule has 1 aromatic heterocycles. The van der Waals surface area contributed by atoms with Crippen LogP contribution in [0.2, 0.25) is 5.02 Å². The van der Waals surface area contributed by atoms with Crippen LogP contribution in [0, 0.1) is 11.6 Å². The number of benzene rings is 2. The number of hydrogen-bond donors (Lipinski definition) is 0. The fourth-order valence-corrected chi connectivity index (χ4v) is 8.16. The van der Waals surface area contributed by atoms with Crippen LogP contribution in [0.5, 0.6) is 5.75 Å². The average Bonchev–Trinajstić information content (AvgIpc) is 3.24. The molecule has 2 bridgehead atoms. The third-order valence-electron chi connectivity index (χ3n) is 10.1. The Morgan fingerprint density at radius 1 is 1.11 bits per heavy atom. The van der Waals surface area contributed by atoms with E-state index in [1.54, 1.807) is 15.5 Å². The minimum atomic E-state index is -0.781. The van der Waals surface area contributed by atoms with E-state index in [0.717, 1.165) is 45.1 Å². The number of carbonyl (C=O) groups is 1. The van der Waals surface area contributed by atoms with Crippen LogP contribution in [0.4, 0.5) is 14.6 Å². The zero-order chi connectivity index (χ0) is 32.3. The third kappa shape index (κ3) is 5.26. The Labute approximate surface area is 271 Å². The first kappa shape index (κ1) is 31.1. The van der Waals surface area contributed by atoms with Gasteiger partial charge in [-0.05, 0) is 70.4 Å². The van der Waals surface area contributed by atoms with Crippen molar-refractivity contribution >= 4 is 34.2 Å². The number of rotatable bonds is 7. The number of amides is 1. The van der Waals surface area contributed by atoms with Crippen molar-refractivity contribution < 1.29 is 23.0 Å². The third-order valence-corrected chi connectivity index (χ3v) is 10.4. The van der Waals surface area contributed by atoms with Crippen molar-refractivity contribution in [3.8, 4) is 16.9 Å². The predicted octanol–water partition coefficient (Wildman–Crippen LogP) is 5.18. The second kappa shape index (κ2) is 12.2. The summed E-state index contributed by atoms with van der Waals surface area (Å²) < 4.78 is 43.0. The first-order valence-corrected chi connectivity index (χ1v) is 16.4. The van der Waals surface area contributed by atoms with Crippen LogP contribution >= 0.6 is 11.6 Å². The number of halogens is 3. The van der Waals surface area contributed by atoms with E-state index in [4.69, 9.17) is 21.1 Å². The van der Waals surface area contributed by atoms with Crippen molar-refractivity contribution in [1.29, 1.82) is 0 Å². The van der Waals surface area contributed by atoms with Crippen LogP contribution in [0.3, 0.4) is 0 Å². The standard InChI is InChI=1S/C34H38ClF2N5O4/c1-4-29(43)40-14-20(3)41(15-19(40)2)33-26-13-27(35)30(25-10-7-21(36)12-28(25)37)32-31(26)42(34(44)38-33)24(18-46-32)6-5-11-39-22-8-9-23(39)17-45-16-22/h4,7,10,12-13,19-20,22-24H,1,5-6,8-9,11,14-18H2,2-3H3/t19-,20+,22-,23+,24+/m1/s1. The lowest BCUT2D eigenvalue weighted by Crippen LogP contribution is -2.58. The van der Waals surface area contributed by atoms with Crippen molar-refractivity contribution in [1.82, 2.24) is 19.4 Å². The van der Waals surface area contributed by atoms with Gasteiger partial charge in [-0.2, -0.15) is 4.98 Å². The van der Waals surface area contributed by atoms with Crippen LogP contribution in [0.25, 0.3) is 22.0 Å². The minimum Gasteiger partial charge on any atom is -0.488 e.